The maximum Gasteiger partial charge on any atom is 0.226 e. The smallest absolute Gasteiger partial charge is 0.226 e. The lowest BCUT2D eigenvalue weighted by molar-refractivity contribution is -0.116. The second-order valence-corrected chi connectivity index (χ2v) is 4.57. The summed E-state index contributed by atoms with van der Waals surface area (Å²) in [6.45, 7) is 4.50. The highest BCUT2D eigenvalue weighted by Gasteiger charge is 2.06. The van der Waals surface area contributed by atoms with Gasteiger partial charge in [-0.1, -0.05) is 6.07 Å². The molecule has 2 aromatic rings. The Labute approximate surface area is 112 Å². The topological polar surface area (TPSA) is 72.9 Å². The molecule has 0 aliphatic carbocycles. The molecule has 0 saturated carbocycles. The van der Waals surface area contributed by atoms with Gasteiger partial charge in [-0.25, -0.2) is 0 Å². The SMILES string of the molecule is Cc1cc(C)n(CCC(=O)Nc2cccc(N)c2)n1. The summed E-state index contributed by atoms with van der Waals surface area (Å²) in [7, 11) is 0. The summed E-state index contributed by atoms with van der Waals surface area (Å²) in [5, 5.41) is 7.14. The Kier molecular flexibility index (Phi) is 3.85. The zero-order chi connectivity index (χ0) is 13.8. The van der Waals surface area contributed by atoms with Gasteiger partial charge in [-0.2, -0.15) is 5.10 Å². The van der Waals surface area contributed by atoms with E-state index < -0.39 is 0 Å². The van der Waals surface area contributed by atoms with Crippen molar-refractivity contribution in [3.8, 4) is 0 Å². The highest BCUT2D eigenvalue weighted by molar-refractivity contribution is 5.91. The van der Waals surface area contributed by atoms with Gasteiger partial charge in [0, 0.05) is 30.0 Å². The molecule has 1 heterocycles. The molecule has 1 aromatic carbocycles. The largest absolute Gasteiger partial charge is 0.399 e. The van der Waals surface area contributed by atoms with Crippen LogP contribution in [0, 0.1) is 13.8 Å². The molecule has 2 rings (SSSR count). The highest BCUT2D eigenvalue weighted by Crippen LogP contribution is 2.12. The molecular formula is C14H18N4O. The minimum atomic E-state index is -0.0434. The molecule has 0 saturated heterocycles. The lowest BCUT2D eigenvalue weighted by Gasteiger charge is -2.07. The molecule has 5 nitrogen and oxygen atoms in total. The Morgan fingerprint density at radius 2 is 2.16 bits per heavy atom. The van der Waals surface area contributed by atoms with E-state index in [4.69, 9.17) is 5.73 Å². The van der Waals surface area contributed by atoms with Crippen LogP contribution in [0.5, 0.6) is 0 Å². The number of carbonyl (C=O) groups is 1. The van der Waals surface area contributed by atoms with E-state index in [9.17, 15) is 4.79 Å². The average molecular weight is 258 g/mol. The van der Waals surface area contributed by atoms with Gasteiger partial charge >= 0.3 is 0 Å². The van der Waals surface area contributed by atoms with Gasteiger partial charge in [0.2, 0.25) is 5.91 Å². The Morgan fingerprint density at radius 1 is 1.37 bits per heavy atom. The summed E-state index contributed by atoms with van der Waals surface area (Å²) >= 11 is 0. The number of aryl methyl sites for hydroxylation is 3. The van der Waals surface area contributed by atoms with Gasteiger partial charge in [0.25, 0.3) is 0 Å². The Hall–Kier alpha value is -2.30. The number of nitrogens with zero attached hydrogens (tertiary/aromatic N) is 2. The van der Waals surface area contributed by atoms with Crippen LogP contribution in [0.2, 0.25) is 0 Å². The lowest BCUT2D eigenvalue weighted by atomic mass is 10.2. The summed E-state index contributed by atoms with van der Waals surface area (Å²) < 4.78 is 1.84. The average Bonchev–Trinajstić information content (AvgIpc) is 2.65. The first-order chi connectivity index (χ1) is 9.04. The Balaban J connectivity index is 1.90. The standard InChI is InChI=1S/C14H18N4O/c1-10-8-11(2)18(17-10)7-6-14(19)16-13-5-3-4-12(15)9-13/h3-5,8-9H,6-7,15H2,1-2H3,(H,16,19). The molecule has 0 atom stereocenters. The zero-order valence-electron chi connectivity index (χ0n) is 11.2. The monoisotopic (exact) mass is 258 g/mol. The lowest BCUT2D eigenvalue weighted by Crippen LogP contribution is -2.15. The molecule has 0 aliphatic heterocycles. The first-order valence-electron chi connectivity index (χ1n) is 6.21. The number of nitrogens with one attached hydrogen (secondary N) is 1. The van der Waals surface area contributed by atoms with Crippen LogP contribution >= 0.6 is 0 Å². The fraction of sp³-hybridized carbons (Fsp3) is 0.286. The van der Waals surface area contributed by atoms with Gasteiger partial charge in [0.15, 0.2) is 0 Å². The van der Waals surface area contributed by atoms with E-state index in [1.807, 2.05) is 36.7 Å². The first-order valence-corrected chi connectivity index (χ1v) is 6.21. The summed E-state index contributed by atoms with van der Waals surface area (Å²) in [6, 6.07) is 9.14. The van der Waals surface area contributed by atoms with Gasteiger partial charge in [0.1, 0.15) is 0 Å². The molecule has 5 heteroatoms. The molecule has 1 aromatic heterocycles. The fourth-order valence-electron chi connectivity index (χ4n) is 1.95. The van der Waals surface area contributed by atoms with Crippen LogP contribution < -0.4 is 11.1 Å². The van der Waals surface area contributed by atoms with Crippen molar-refractivity contribution in [2.45, 2.75) is 26.8 Å². The third kappa shape index (κ3) is 3.58. The highest BCUT2D eigenvalue weighted by atomic mass is 16.1. The van der Waals surface area contributed by atoms with E-state index in [0.29, 0.717) is 18.7 Å². The molecule has 0 radical (unpaired) electrons. The normalized spacial score (nSPS) is 10.4. The van der Waals surface area contributed by atoms with E-state index in [1.54, 1.807) is 12.1 Å². The molecule has 1 amide bonds. The Morgan fingerprint density at radius 3 is 2.79 bits per heavy atom. The number of nitrogens with two attached hydrogens (primary N) is 1. The van der Waals surface area contributed by atoms with Crippen molar-refractivity contribution in [3.63, 3.8) is 0 Å². The van der Waals surface area contributed by atoms with Gasteiger partial charge in [-0.3, -0.25) is 9.48 Å². The molecular weight excluding hydrogens is 240 g/mol. The van der Waals surface area contributed by atoms with Crippen LogP contribution in [0.3, 0.4) is 0 Å². The molecule has 0 fully saturated rings. The number of carbonyl (C=O) groups excluding carboxylic acids is 1. The number of benzene rings is 1. The van der Waals surface area contributed by atoms with Crippen molar-refractivity contribution in [1.82, 2.24) is 9.78 Å². The van der Waals surface area contributed by atoms with Crippen LogP contribution in [-0.4, -0.2) is 15.7 Å². The summed E-state index contributed by atoms with van der Waals surface area (Å²) in [6.07, 6.45) is 0.386. The molecule has 0 unspecified atom stereocenters. The molecule has 19 heavy (non-hydrogen) atoms. The second kappa shape index (κ2) is 5.56. The van der Waals surface area contributed by atoms with Gasteiger partial charge in [0.05, 0.1) is 5.69 Å². The molecule has 0 bridgehead atoms. The third-order valence-electron chi connectivity index (χ3n) is 2.82. The van der Waals surface area contributed by atoms with Crippen molar-refractivity contribution in [1.29, 1.82) is 0 Å². The maximum atomic E-state index is 11.8. The number of nitrogen functional groups attached to an aromatic ring is 1. The van der Waals surface area contributed by atoms with E-state index in [1.165, 1.54) is 0 Å². The van der Waals surface area contributed by atoms with Crippen LogP contribution in [0.4, 0.5) is 11.4 Å². The van der Waals surface area contributed by atoms with Gasteiger partial charge < -0.3 is 11.1 Å². The Bertz CT molecular complexity index is 589. The molecule has 0 aliphatic rings. The number of amides is 1. The van der Waals surface area contributed by atoms with Crippen molar-refractivity contribution in [2.75, 3.05) is 11.1 Å². The van der Waals surface area contributed by atoms with E-state index in [2.05, 4.69) is 10.4 Å². The predicted molar refractivity (Wildman–Crippen MR) is 75.8 cm³/mol. The van der Waals surface area contributed by atoms with Gasteiger partial charge in [-0.05, 0) is 38.1 Å². The third-order valence-corrected chi connectivity index (χ3v) is 2.82. The number of aromatic nitrogens is 2. The summed E-state index contributed by atoms with van der Waals surface area (Å²) in [5.41, 5.74) is 9.04. The summed E-state index contributed by atoms with van der Waals surface area (Å²) in [4.78, 5) is 11.8. The zero-order valence-corrected chi connectivity index (χ0v) is 11.2. The number of rotatable bonds is 4. The van der Waals surface area contributed by atoms with Crippen molar-refractivity contribution in [2.24, 2.45) is 0 Å². The van der Waals surface area contributed by atoms with Crippen molar-refractivity contribution in [3.05, 3.63) is 41.7 Å². The quantitative estimate of drug-likeness (QED) is 0.825. The van der Waals surface area contributed by atoms with Crippen molar-refractivity contribution < 1.29 is 4.79 Å². The fourth-order valence-corrected chi connectivity index (χ4v) is 1.95. The van der Waals surface area contributed by atoms with E-state index in [-0.39, 0.29) is 5.91 Å². The molecule has 3 N–H and O–H groups in total. The number of hydrogen-bond acceptors (Lipinski definition) is 3. The predicted octanol–water partition coefficient (Wildman–Crippen LogP) is 2.11. The van der Waals surface area contributed by atoms with Crippen LogP contribution in [0.1, 0.15) is 17.8 Å². The van der Waals surface area contributed by atoms with E-state index >= 15 is 0 Å². The van der Waals surface area contributed by atoms with Crippen LogP contribution in [0.15, 0.2) is 30.3 Å². The molecule has 0 spiro atoms. The van der Waals surface area contributed by atoms with Crippen molar-refractivity contribution >= 4 is 17.3 Å². The minimum absolute atomic E-state index is 0.0434. The number of anilines is 2. The minimum Gasteiger partial charge on any atom is -0.399 e. The van der Waals surface area contributed by atoms with Crippen LogP contribution in [0.25, 0.3) is 0 Å². The molecule has 100 valence electrons. The second-order valence-electron chi connectivity index (χ2n) is 4.57. The van der Waals surface area contributed by atoms with E-state index in [0.717, 1.165) is 17.1 Å². The first kappa shape index (κ1) is 13.1. The van der Waals surface area contributed by atoms with Gasteiger partial charge in [-0.15, -0.1) is 0 Å². The summed E-state index contributed by atoms with van der Waals surface area (Å²) in [5.74, 6) is -0.0434. The maximum absolute atomic E-state index is 11.8. The van der Waals surface area contributed by atoms with Crippen LogP contribution in [-0.2, 0) is 11.3 Å². The number of hydrogen-bond donors (Lipinski definition) is 2.